The Balaban J connectivity index is 3.21. The average molecular weight is 262 g/mol. The van der Waals surface area contributed by atoms with Crippen LogP contribution in [0.2, 0.25) is 0 Å². The third-order valence-electron chi connectivity index (χ3n) is 4.69. The second-order valence-electron chi connectivity index (χ2n) is 5.90. The Morgan fingerprint density at radius 3 is 2.11 bits per heavy atom. The van der Waals surface area contributed by atoms with Gasteiger partial charge in [0.25, 0.3) is 0 Å². The first kappa shape index (κ1) is 15.9. The zero-order chi connectivity index (χ0) is 14.2. The van der Waals surface area contributed by atoms with Gasteiger partial charge in [-0.1, -0.05) is 13.8 Å². The van der Waals surface area contributed by atoms with E-state index in [-0.39, 0.29) is 13.2 Å². The molecule has 1 fully saturated rings. The molecule has 0 spiro atoms. The Hall–Kier alpha value is -0.200. The van der Waals surface area contributed by atoms with Crippen molar-refractivity contribution in [1.82, 2.24) is 0 Å². The van der Waals surface area contributed by atoms with E-state index in [1.807, 2.05) is 6.92 Å². The van der Waals surface area contributed by atoms with Gasteiger partial charge < -0.3 is 24.8 Å². The van der Waals surface area contributed by atoms with E-state index in [1.165, 1.54) is 7.11 Å². The highest BCUT2D eigenvalue weighted by Crippen LogP contribution is 2.49. The van der Waals surface area contributed by atoms with E-state index in [2.05, 4.69) is 0 Å². The van der Waals surface area contributed by atoms with Gasteiger partial charge in [0, 0.05) is 7.11 Å². The third-order valence-corrected chi connectivity index (χ3v) is 4.69. The molecule has 0 aromatic rings. The van der Waals surface area contributed by atoms with Crippen molar-refractivity contribution in [2.45, 2.75) is 57.5 Å². The van der Waals surface area contributed by atoms with Crippen molar-refractivity contribution in [2.75, 3.05) is 20.3 Å². The molecule has 0 aromatic heterocycles. The maximum atomic E-state index is 10.4. The van der Waals surface area contributed by atoms with Crippen LogP contribution in [0, 0.1) is 5.41 Å². The summed E-state index contributed by atoms with van der Waals surface area (Å²) >= 11 is 0. The lowest BCUT2D eigenvalue weighted by Gasteiger charge is -2.59. The van der Waals surface area contributed by atoms with Crippen LogP contribution in [0.4, 0.5) is 0 Å². The molecule has 5 atom stereocenters. The number of hydrogen-bond donors (Lipinski definition) is 3. The molecule has 0 radical (unpaired) electrons. The molecule has 0 saturated carbocycles. The van der Waals surface area contributed by atoms with E-state index in [1.54, 1.807) is 20.8 Å². The summed E-state index contributed by atoms with van der Waals surface area (Å²) in [7, 11) is 1.52. The average Bonchev–Trinajstić information content (AvgIpc) is 2.35. The van der Waals surface area contributed by atoms with Gasteiger partial charge >= 0.3 is 0 Å². The van der Waals surface area contributed by atoms with Gasteiger partial charge in [0.1, 0.15) is 6.10 Å². The summed E-state index contributed by atoms with van der Waals surface area (Å²) in [6.07, 6.45) is -1.49. The molecule has 0 bridgehead atoms. The van der Waals surface area contributed by atoms with Crippen LogP contribution in [0.3, 0.4) is 0 Å². The smallest absolute Gasteiger partial charge is 0.109 e. The van der Waals surface area contributed by atoms with E-state index in [9.17, 15) is 15.3 Å². The minimum Gasteiger partial charge on any atom is -0.393 e. The van der Waals surface area contributed by atoms with Gasteiger partial charge in [0.15, 0.2) is 0 Å². The summed E-state index contributed by atoms with van der Waals surface area (Å²) in [4.78, 5) is 0. The molecule has 2 unspecified atom stereocenters. The molecule has 5 heteroatoms. The molecule has 1 heterocycles. The van der Waals surface area contributed by atoms with Crippen molar-refractivity contribution in [1.29, 1.82) is 0 Å². The van der Waals surface area contributed by atoms with Crippen LogP contribution in [0.15, 0.2) is 0 Å². The zero-order valence-electron chi connectivity index (χ0n) is 11.9. The lowest BCUT2D eigenvalue weighted by molar-refractivity contribution is -0.329. The lowest BCUT2D eigenvalue weighted by Crippen LogP contribution is -2.72. The largest absolute Gasteiger partial charge is 0.393 e. The molecule has 1 aliphatic heterocycles. The van der Waals surface area contributed by atoms with E-state index in [4.69, 9.17) is 9.47 Å². The predicted molar refractivity (Wildman–Crippen MR) is 67.3 cm³/mol. The number of aliphatic hydroxyl groups is 3. The Labute approximate surface area is 109 Å². The summed E-state index contributed by atoms with van der Waals surface area (Å²) in [6, 6.07) is 0. The highest BCUT2D eigenvalue weighted by atomic mass is 16.6. The fourth-order valence-corrected chi connectivity index (χ4v) is 2.72. The van der Waals surface area contributed by atoms with Crippen molar-refractivity contribution < 1.29 is 24.8 Å². The first-order valence-electron chi connectivity index (χ1n) is 6.37. The van der Waals surface area contributed by atoms with Crippen LogP contribution in [0.5, 0.6) is 0 Å². The molecule has 1 rings (SSSR count). The van der Waals surface area contributed by atoms with Crippen LogP contribution >= 0.6 is 0 Å². The maximum Gasteiger partial charge on any atom is 0.109 e. The number of ether oxygens (including phenoxy) is 2. The summed E-state index contributed by atoms with van der Waals surface area (Å²) in [5.41, 5.74) is -2.71. The molecular formula is C13H26O5. The monoisotopic (exact) mass is 262 g/mol. The summed E-state index contributed by atoms with van der Waals surface area (Å²) in [5.74, 6) is 0. The van der Waals surface area contributed by atoms with Gasteiger partial charge in [-0.15, -0.1) is 0 Å². The lowest BCUT2D eigenvalue weighted by atomic mass is 9.64. The molecule has 5 nitrogen and oxygen atoms in total. The summed E-state index contributed by atoms with van der Waals surface area (Å²) in [6.45, 7) is 7.09. The van der Waals surface area contributed by atoms with Gasteiger partial charge in [-0.05, 0) is 20.3 Å². The molecule has 18 heavy (non-hydrogen) atoms. The van der Waals surface area contributed by atoms with Gasteiger partial charge in [0.2, 0.25) is 0 Å². The highest BCUT2D eigenvalue weighted by Gasteiger charge is 2.62. The van der Waals surface area contributed by atoms with E-state index in [0.717, 1.165) is 0 Å². The maximum absolute atomic E-state index is 10.4. The Bertz CT molecular complexity index is 297. The molecule has 0 amide bonds. The Kier molecular flexibility index (Phi) is 4.45. The van der Waals surface area contributed by atoms with Gasteiger partial charge in [-0.3, -0.25) is 0 Å². The van der Waals surface area contributed by atoms with Gasteiger partial charge in [0.05, 0.1) is 35.9 Å². The number of hydrogen-bond acceptors (Lipinski definition) is 5. The minimum absolute atomic E-state index is 0.197. The minimum atomic E-state index is -1.02. The topological polar surface area (TPSA) is 79.2 Å². The van der Waals surface area contributed by atoms with E-state index in [0.29, 0.717) is 6.42 Å². The zero-order valence-corrected chi connectivity index (χ0v) is 11.9. The standard InChI is InChI=1S/C13H26O5/c1-6-12(3)10(16)9(15)11(2,8-17-5)13(4,7-14)18-12/h9-10,14-16H,6-8H2,1-5H3/t9-,10?,11-,12+,13?/m0/s1. The molecular weight excluding hydrogens is 236 g/mol. The van der Waals surface area contributed by atoms with Gasteiger partial charge in [-0.2, -0.15) is 0 Å². The van der Waals surface area contributed by atoms with Crippen LogP contribution < -0.4 is 0 Å². The first-order valence-corrected chi connectivity index (χ1v) is 6.37. The fourth-order valence-electron chi connectivity index (χ4n) is 2.72. The molecule has 1 saturated heterocycles. The number of aliphatic hydroxyl groups excluding tert-OH is 3. The highest BCUT2D eigenvalue weighted by molar-refractivity contribution is 5.10. The number of rotatable bonds is 4. The normalized spacial score (nSPS) is 49.3. The SMILES string of the molecule is CC[C@@]1(C)OC(C)(CO)[C@@](C)(COC)[C@@H](O)C1O. The third kappa shape index (κ3) is 2.08. The molecule has 0 aromatic carbocycles. The van der Waals surface area contributed by atoms with Crippen molar-refractivity contribution in [2.24, 2.45) is 5.41 Å². The first-order chi connectivity index (χ1) is 8.20. The quantitative estimate of drug-likeness (QED) is 0.679. The molecule has 108 valence electrons. The second-order valence-corrected chi connectivity index (χ2v) is 5.90. The second kappa shape index (κ2) is 5.06. The van der Waals surface area contributed by atoms with Crippen LogP contribution in [0.1, 0.15) is 34.1 Å². The number of methoxy groups -OCH3 is 1. The van der Waals surface area contributed by atoms with Crippen LogP contribution in [-0.4, -0.2) is 59.1 Å². The molecule has 0 aliphatic carbocycles. The Morgan fingerprint density at radius 2 is 1.72 bits per heavy atom. The summed E-state index contributed by atoms with van der Waals surface area (Å²) in [5, 5.41) is 30.4. The van der Waals surface area contributed by atoms with Crippen molar-refractivity contribution in [3.8, 4) is 0 Å². The van der Waals surface area contributed by atoms with E-state index < -0.39 is 28.8 Å². The van der Waals surface area contributed by atoms with Crippen molar-refractivity contribution >= 4 is 0 Å². The van der Waals surface area contributed by atoms with Crippen LogP contribution in [0.25, 0.3) is 0 Å². The molecule has 3 N–H and O–H groups in total. The van der Waals surface area contributed by atoms with Crippen molar-refractivity contribution in [3.05, 3.63) is 0 Å². The van der Waals surface area contributed by atoms with E-state index >= 15 is 0 Å². The van der Waals surface area contributed by atoms with Crippen molar-refractivity contribution in [3.63, 3.8) is 0 Å². The summed E-state index contributed by atoms with van der Waals surface area (Å²) < 4.78 is 11.1. The van der Waals surface area contributed by atoms with Gasteiger partial charge in [-0.25, -0.2) is 0 Å². The predicted octanol–water partition coefficient (Wildman–Crippen LogP) is 0.311. The van der Waals surface area contributed by atoms with Crippen LogP contribution in [-0.2, 0) is 9.47 Å². The Morgan fingerprint density at radius 1 is 1.17 bits per heavy atom. The fraction of sp³-hybridized carbons (Fsp3) is 1.00. The molecule has 1 aliphatic rings.